The number of carbonyl (C=O) groups excluding carboxylic acids is 3. The Kier molecular flexibility index (Phi) is 7.37. The van der Waals surface area contributed by atoms with Gasteiger partial charge in [-0.3, -0.25) is 14.4 Å². The third-order valence-corrected chi connectivity index (χ3v) is 8.92. The van der Waals surface area contributed by atoms with Crippen LogP contribution in [0.5, 0.6) is 0 Å². The molecule has 3 N–H and O–H groups in total. The normalized spacial score (nSPS) is 26.7. The first kappa shape index (κ1) is 29.0. The number of benzene rings is 1. The molecule has 4 fully saturated rings. The van der Waals surface area contributed by atoms with E-state index in [-0.39, 0.29) is 35.9 Å². The van der Waals surface area contributed by atoms with Crippen molar-refractivity contribution in [1.82, 2.24) is 20.5 Å². The van der Waals surface area contributed by atoms with Gasteiger partial charge in [0.15, 0.2) is 0 Å². The van der Waals surface area contributed by atoms with Gasteiger partial charge in [-0.1, -0.05) is 0 Å². The SMILES string of the molecule is CS(=O)(=O)/C(F)=C/[C@H](C[C@@H]1CCNC1=O)NC(=O)[C@H]1[C@H]2CC[C@H](CC2(F)F)N1C(=O)c1cc2c(F)ccc(F)c2[nH]1. The van der Waals surface area contributed by atoms with Crippen LogP contribution >= 0.6 is 0 Å². The van der Waals surface area contributed by atoms with Crippen molar-refractivity contribution in [2.24, 2.45) is 11.8 Å². The van der Waals surface area contributed by atoms with Crippen LogP contribution in [0.4, 0.5) is 22.0 Å². The monoisotopic (exact) mass is 602 g/mol. The molecule has 1 aromatic heterocycles. The lowest BCUT2D eigenvalue weighted by atomic mass is 9.71. The van der Waals surface area contributed by atoms with Gasteiger partial charge in [-0.15, -0.1) is 0 Å². The summed E-state index contributed by atoms with van der Waals surface area (Å²) < 4.78 is 96.6. The molecule has 2 bridgehead atoms. The number of rotatable bonds is 7. The van der Waals surface area contributed by atoms with Gasteiger partial charge >= 0.3 is 0 Å². The average molecular weight is 603 g/mol. The van der Waals surface area contributed by atoms with Crippen molar-refractivity contribution in [2.45, 2.75) is 56.2 Å². The molecule has 0 radical (unpaired) electrons. The second-order valence-electron chi connectivity index (χ2n) is 10.8. The number of aromatic nitrogens is 1. The third kappa shape index (κ3) is 5.43. The van der Waals surface area contributed by atoms with Crippen LogP contribution in [0.2, 0.25) is 0 Å². The number of H-pyrrole nitrogens is 1. The Morgan fingerprint density at radius 2 is 1.90 bits per heavy atom. The van der Waals surface area contributed by atoms with E-state index in [0.717, 1.165) is 23.1 Å². The molecule has 222 valence electrons. The number of hydrogen-bond acceptors (Lipinski definition) is 5. The van der Waals surface area contributed by atoms with Crippen LogP contribution in [-0.4, -0.2) is 72.9 Å². The molecule has 3 saturated heterocycles. The molecule has 15 heteroatoms. The minimum absolute atomic E-state index is 0.112. The molecule has 6 rings (SSSR count). The van der Waals surface area contributed by atoms with Crippen molar-refractivity contribution in [3.8, 4) is 0 Å². The number of amides is 3. The Balaban J connectivity index is 1.49. The Bertz CT molecular complexity index is 1520. The first-order valence-electron chi connectivity index (χ1n) is 13.0. The van der Waals surface area contributed by atoms with Crippen molar-refractivity contribution in [1.29, 1.82) is 0 Å². The number of nitrogens with one attached hydrogen (secondary N) is 3. The minimum atomic E-state index is -4.32. The molecule has 9 nitrogen and oxygen atoms in total. The predicted molar refractivity (Wildman–Crippen MR) is 136 cm³/mol. The maximum absolute atomic E-state index is 15.1. The molecule has 4 heterocycles. The van der Waals surface area contributed by atoms with Crippen LogP contribution < -0.4 is 10.6 Å². The lowest BCUT2D eigenvalue weighted by Crippen LogP contribution is -2.68. The largest absolute Gasteiger partial charge is 0.356 e. The fraction of sp³-hybridized carbons (Fsp3) is 0.500. The lowest BCUT2D eigenvalue weighted by Gasteiger charge is -2.53. The number of nitrogens with zero attached hydrogens (tertiary/aromatic N) is 1. The topological polar surface area (TPSA) is 128 Å². The van der Waals surface area contributed by atoms with E-state index in [1.165, 1.54) is 0 Å². The first-order valence-corrected chi connectivity index (χ1v) is 14.9. The molecule has 0 spiro atoms. The summed E-state index contributed by atoms with van der Waals surface area (Å²) in [6.45, 7) is 0.314. The highest BCUT2D eigenvalue weighted by molar-refractivity contribution is 7.94. The van der Waals surface area contributed by atoms with Crippen LogP contribution in [0.15, 0.2) is 29.4 Å². The minimum Gasteiger partial charge on any atom is -0.356 e. The number of piperidine rings is 2. The van der Waals surface area contributed by atoms with E-state index < -0.39 is 86.7 Å². The van der Waals surface area contributed by atoms with Crippen LogP contribution in [0, 0.1) is 23.5 Å². The van der Waals surface area contributed by atoms with Gasteiger partial charge in [0.25, 0.3) is 11.8 Å². The number of alkyl halides is 2. The summed E-state index contributed by atoms with van der Waals surface area (Å²) in [6, 6.07) is -1.48. The Hall–Kier alpha value is -3.49. The standard InChI is InChI=1S/C26H27F5N4O5S/c1-41(39,40)20(29)9-13(8-12-6-7-32-23(12)36)33-24(37)22-16-3-2-14(11-26(16,30)31)35(22)25(38)19-10-15-17(27)4-5-18(28)21(15)34-19/h4-5,9-10,12-14,16,22,34H,2-3,6-8,11H2,1H3,(H,32,36)(H,33,37)/b20-9+/t12-,13-,14+,16+,22+/m0/s1. The Morgan fingerprint density at radius 3 is 2.51 bits per heavy atom. The van der Waals surface area contributed by atoms with Crippen molar-refractivity contribution in [3.63, 3.8) is 0 Å². The predicted octanol–water partition coefficient (Wildman–Crippen LogP) is 2.94. The summed E-state index contributed by atoms with van der Waals surface area (Å²) in [5.41, 5.74) is -0.627. The fourth-order valence-electron chi connectivity index (χ4n) is 6.10. The van der Waals surface area contributed by atoms with Crippen LogP contribution in [0.25, 0.3) is 10.9 Å². The molecule has 1 aromatic carbocycles. The summed E-state index contributed by atoms with van der Waals surface area (Å²) in [5, 5.41) is 3.14. The highest BCUT2D eigenvalue weighted by Crippen LogP contribution is 2.49. The third-order valence-electron chi connectivity index (χ3n) is 8.07. The van der Waals surface area contributed by atoms with Crippen molar-refractivity contribution in [2.75, 3.05) is 12.8 Å². The second kappa shape index (κ2) is 10.4. The number of fused-ring (bicyclic) bond motifs is 4. The van der Waals surface area contributed by atoms with E-state index in [1.807, 2.05) is 0 Å². The van der Waals surface area contributed by atoms with Gasteiger partial charge < -0.3 is 20.5 Å². The highest BCUT2D eigenvalue weighted by atomic mass is 32.2. The molecule has 1 saturated carbocycles. The number of aromatic amines is 1. The van der Waals surface area contributed by atoms with Gasteiger partial charge in [-0.05, 0) is 50.0 Å². The zero-order valence-electron chi connectivity index (χ0n) is 21.7. The van der Waals surface area contributed by atoms with E-state index in [0.29, 0.717) is 25.3 Å². The van der Waals surface area contributed by atoms with Crippen LogP contribution in [0.1, 0.15) is 42.6 Å². The van der Waals surface area contributed by atoms with Gasteiger partial charge in [0.05, 0.1) is 17.5 Å². The number of carbonyl (C=O) groups is 3. The number of hydrogen-bond donors (Lipinski definition) is 3. The van der Waals surface area contributed by atoms with Gasteiger partial charge in [-0.25, -0.2) is 26.0 Å². The Morgan fingerprint density at radius 1 is 1.20 bits per heavy atom. The van der Waals surface area contributed by atoms with Gasteiger partial charge in [0, 0.05) is 36.6 Å². The van der Waals surface area contributed by atoms with E-state index in [9.17, 15) is 36.0 Å². The van der Waals surface area contributed by atoms with Crippen molar-refractivity contribution in [3.05, 3.63) is 46.8 Å². The number of halogens is 5. The first-order chi connectivity index (χ1) is 19.2. The zero-order chi connectivity index (χ0) is 29.9. The molecular formula is C26H27F5N4O5S. The lowest BCUT2D eigenvalue weighted by molar-refractivity contribution is -0.179. The van der Waals surface area contributed by atoms with Gasteiger partial charge in [0.1, 0.15) is 23.4 Å². The average Bonchev–Trinajstić information content (AvgIpc) is 3.52. The highest BCUT2D eigenvalue weighted by Gasteiger charge is 2.60. The molecule has 1 aliphatic carbocycles. The summed E-state index contributed by atoms with van der Waals surface area (Å²) >= 11 is 0. The van der Waals surface area contributed by atoms with Crippen molar-refractivity contribution < 1.29 is 44.8 Å². The van der Waals surface area contributed by atoms with E-state index >= 15 is 8.78 Å². The molecule has 2 aromatic rings. The maximum Gasteiger partial charge on any atom is 0.271 e. The number of sulfone groups is 1. The molecule has 4 aliphatic rings. The molecule has 41 heavy (non-hydrogen) atoms. The summed E-state index contributed by atoms with van der Waals surface area (Å²) in [7, 11) is -4.32. The molecule has 3 aliphatic heterocycles. The summed E-state index contributed by atoms with van der Waals surface area (Å²) in [4.78, 5) is 42.8. The Labute approximate surface area is 231 Å². The molecular weight excluding hydrogens is 575 g/mol. The van der Waals surface area contributed by atoms with E-state index in [4.69, 9.17) is 0 Å². The summed E-state index contributed by atoms with van der Waals surface area (Å²) in [6.07, 6.45) is 0.618. The van der Waals surface area contributed by atoms with Crippen molar-refractivity contribution >= 4 is 38.5 Å². The summed E-state index contributed by atoms with van der Waals surface area (Å²) in [5.74, 6) is -9.77. The van der Waals surface area contributed by atoms with Gasteiger partial charge in [0.2, 0.25) is 26.8 Å². The molecule has 5 atom stereocenters. The maximum atomic E-state index is 15.1. The van der Waals surface area contributed by atoms with Crippen LogP contribution in [0.3, 0.4) is 0 Å². The van der Waals surface area contributed by atoms with Gasteiger partial charge in [-0.2, -0.15) is 4.39 Å². The zero-order valence-corrected chi connectivity index (χ0v) is 22.5. The molecule has 0 unspecified atom stereocenters. The second-order valence-corrected chi connectivity index (χ2v) is 12.8. The quantitative estimate of drug-likeness (QED) is 0.420. The molecule has 3 amide bonds. The fourth-order valence-corrected chi connectivity index (χ4v) is 6.51. The smallest absolute Gasteiger partial charge is 0.271 e. The van der Waals surface area contributed by atoms with E-state index in [2.05, 4.69) is 15.6 Å². The van der Waals surface area contributed by atoms with Crippen LogP contribution in [-0.2, 0) is 19.4 Å². The van der Waals surface area contributed by atoms with E-state index in [1.54, 1.807) is 0 Å².